The maximum absolute atomic E-state index is 12.3. The van der Waals surface area contributed by atoms with Crippen molar-refractivity contribution in [1.82, 2.24) is 4.90 Å². The van der Waals surface area contributed by atoms with Crippen LogP contribution in [0.4, 0.5) is 0 Å². The Balaban J connectivity index is 3.45. The lowest BCUT2D eigenvalue weighted by Gasteiger charge is -2.27. The van der Waals surface area contributed by atoms with Crippen molar-refractivity contribution in [3.8, 4) is 0 Å². The topological polar surface area (TPSA) is 80.8 Å². The molecule has 7 heteroatoms. The first-order valence-corrected chi connectivity index (χ1v) is 6.73. The predicted molar refractivity (Wildman–Crippen MR) is 60.8 cm³/mol. The van der Waals surface area contributed by atoms with Gasteiger partial charge in [0.05, 0.1) is 6.61 Å². The minimum atomic E-state index is -3.98. The molecule has 0 N–H and O–H groups in total. The second kappa shape index (κ2) is 3.69. The molecule has 0 saturated carbocycles. The van der Waals surface area contributed by atoms with E-state index in [1.165, 1.54) is 27.8 Å². The van der Waals surface area contributed by atoms with Crippen molar-refractivity contribution in [2.75, 3.05) is 13.7 Å². The van der Waals surface area contributed by atoms with Gasteiger partial charge in [-0.1, -0.05) is 0 Å². The van der Waals surface area contributed by atoms with Crippen molar-refractivity contribution in [2.45, 2.75) is 37.3 Å². The monoisotopic (exact) mass is 263 g/mol. The van der Waals surface area contributed by atoms with Crippen LogP contribution < -0.4 is 0 Å². The van der Waals surface area contributed by atoms with E-state index in [0.29, 0.717) is 0 Å². The Morgan fingerprint density at radius 2 is 1.82 bits per heavy atom. The van der Waals surface area contributed by atoms with Crippen molar-refractivity contribution >= 4 is 21.7 Å². The molecule has 0 radical (unpaired) electrons. The van der Waals surface area contributed by atoms with Crippen LogP contribution in [0.3, 0.4) is 0 Å². The number of hydrogen-bond donors (Lipinski definition) is 0. The van der Waals surface area contributed by atoms with Crippen LogP contribution in [0.25, 0.3) is 0 Å². The summed E-state index contributed by atoms with van der Waals surface area (Å²) in [6, 6.07) is 0. The molecule has 0 aromatic carbocycles. The van der Waals surface area contributed by atoms with E-state index >= 15 is 0 Å². The maximum atomic E-state index is 12.3. The van der Waals surface area contributed by atoms with Crippen molar-refractivity contribution in [3.05, 3.63) is 0 Å². The van der Waals surface area contributed by atoms with E-state index in [4.69, 9.17) is 4.74 Å². The number of carbonyl (C=O) groups is 2. The second-order valence-corrected chi connectivity index (χ2v) is 7.40. The number of hydrogen-bond acceptors (Lipinski definition) is 5. The highest BCUT2D eigenvalue weighted by Crippen LogP contribution is 2.41. The van der Waals surface area contributed by atoms with Gasteiger partial charge < -0.3 is 9.64 Å². The molecule has 1 aliphatic heterocycles. The van der Waals surface area contributed by atoms with Gasteiger partial charge in [-0.05, 0) is 27.7 Å². The van der Waals surface area contributed by atoms with Gasteiger partial charge in [0.1, 0.15) is 4.75 Å². The van der Waals surface area contributed by atoms with E-state index in [-0.39, 0.29) is 6.61 Å². The van der Waals surface area contributed by atoms with Gasteiger partial charge in [-0.15, -0.1) is 0 Å². The van der Waals surface area contributed by atoms with Crippen LogP contribution in [0.2, 0.25) is 0 Å². The third kappa shape index (κ3) is 1.41. The lowest BCUT2D eigenvalue weighted by atomic mass is 10.1. The molecule has 0 spiro atoms. The first kappa shape index (κ1) is 14.0. The maximum Gasteiger partial charge on any atom is 0.347 e. The SMILES string of the molecule is CCOC(=O)C1(C)N(C)C(=O)C(C)(C)S1(=O)=O. The number of likely N-dealkylation sites (N-methyl/N-ethyl adjacent to an activating group) is 1. The number of amides is 1. The molecule has 0 aromatic rings. The van der Waals surface area contributed by atoms with Crippen LogP contribution in [-0.2, 0) is 24.2 Å². The molecule has 1 heterocycles. The number of sulfone groups is 1. The summed E-state index contributed by atoms with van der Waals surface area (Å²) in [5.74, 6) is -1.52. The van der Waals surface area contributed by atoms with E-state index in [0.717, 1.165) is 4.90 Å². The summed E-state index contributed by atoms with van der Waals surface area (Å²) in [7, 11) is -2.69. The summed E-state index contributed by atoms with van der Waals surface area (Å²) in [6.07, 6.45) is 0. The van der Waals surface area contributed by atoms with Gasteiger partial charge >= 0.3 is 5.97 Å². The molecule has 1 saturated heterocycles. The van der Waals surface area contributed by atoms with E-state index in [1.54, 1.807) is 6.92 Å². The van der Waals surface area contributed by atoms with Crippen molar-refractivity contribution < 1.29 is 22.7 Å². The fourth-order valence-electron chi connectivity index (χ4n) is 1.90. The average Bonchev–Trinajstić information content (AvgIpc) is 2.32. The highest BCUT2D eigenvalue weighted by molar-refractivity contribution is 7.96. The summed E-state index contributed by atoms with van der Waals surface area (Å²) in [5, 5.41) is 0. The molecule has 1 atom stereocenters. The highest BCUT2D eigenvalue weighted by atomic mass is 32.2. The molecule has 0 aliphatic carbocycles. The van der Waals surface area contributed by atoms with E-state index in [1.807, 2.05) is 0 Å². The summed E-state index contributed by atoms with van der Waals surface area (Å²) < 4.78 is 27.8. The minimum Gasteiger partial charge on any atom is -0.463 e. The first-order valence-electron chi connectivity index (χ1n) is 5.24. The summed E-state index contributed by atoms with van der Waals surface area (Å²) in [6.45, 7) is 5.44. The van der Waals surface area contributed by atoms with E-state index in [2.05, 4.69) is 0 Å². The van der Waals surface area contributed by atoms with Crippen molar-refractivity contribution in [3.63, 3.8) is 0 Å². The zero-order chi connectivity index (χ0) is 13.6. The van der Waals surface area contributed by atoms with Gasteiger partial charge in [0, 0.05) is 7.05 Å². The molecular formula is C10H17NO5S. The second-order valence-electron chi connectivity index (χ2n) is 4.58. The standard InChI is InChI=1S/C10H17NO5S/c1-6-16-8(13)10(4)11(5)7(12)9(2,3)17(10,14)15/h6H2,1-5H3. The minimum absolute atomic E-state index is 0.0619. The molecule has 17 heavy (non-hydrogen) atoms. The molecule has 1 aliphatic rings. The molecule has 98 valence electrons. The van der Waals surface area contributed by atoms with Gasteiger partial charge in [-0.2, -0.15) is 0 Å². The largest absolute Gasteiger partial charge is 0.463 e. The Kier molecular flexibility index (Phi) is 3.03. The van der Waals surface area contributed by atoms with Crippen LogP contribution in [0.5, 0.6) is 0 Å². The first-order chi connectivity index (χ1) is 7.55. The van der Waals surface area contributed by atoms with Crippen LogP contribution in [0, 0.1) is 0 Å². The van der Waals surface area contributed by atoms with Crippen LogP contribution in [0.15, 0.2) is 0 Å². The quantitative estimate of drug-likeness (QED) is 0.651. The lowest BCUT2D eigenvalue weighted by Crippen LogP contribution is -2.52. The summed E-state index contributed by atoms with van der Waals surface area (Å²) in [4.78, 5) is 22.7. The molecule has 1 rings (SSSR count). The summed E-state index contributed by atoms with van der Waals surface area (Å²) in [5.41, 5.74) is 0. The number of carbonyl (C=O) groups excluding carboxylic acids is 2. The third-order valence-corrected chi connectivity index (χ3v) is 6.31. The highest BCUT2D eigenvalue weighted by Gasteiger charge is 2.68. The molecule has 1 unspecified atom stereocenters. The van der Waals surface area contributed by atoms with Gasteiger partial charge in [-0.3, -0.25) is 4.79 Å². The van der Waals surface area contributed by atoms with E-state index in [9.17, 15) is 18.0 Å². The normalized spacial score (nSPS) is 30.4. The van der Waals surface area contributed by atoms with Crippen LogP contribution >= 0.6 is 0 Å². The Labute approximate surface area is 101 Å². The Bertz CT molecular complexity index is 467. The fourth-order valence-corrected chi connectivity index (χ4v) is 3.98. The van der Waals surface area contributed by atoms with E-state index < -0.39 is 31.3 Å². The number of nitrogens with zero attached hydrogens (tertiary/aromatic N) is 1. The Morgan fingerprint density at radius 3 is 2.12 bits per heavy atom. The lowest BCUT2D eigenvalue weighted by molar-refractivity contribution is -0.154. The molecule has 6 nitrogen and oxygen atoms in total. The summed E-state index contributed by atoms with van der Waals surface area (Å²) >= 11 is 0. The zero-order valence-electron chi connectivity index (χ0n) is 10.6. The molecule has 0 bridgehead atoms. The predicted octanol–water partition coefficient (Wildman–Crippen LogP) is -0.0689. The van der Waals surface area contributed by atoms with Gasteiger partial charge in [0.2, 0.25) is 10.8 Å². The molecule has 0 aromatic heterocycles. The Hall–Kier alpha value is -1.11. The van der Waals surface area contributed by atoms with Gasteiger partial charge in [0.15, 0.2) is 9.84 Å². The molecular weight excluding hydrogens is 246 g/mol. The van der Waals surface area contributed by atoms with Crippen molar-refractivity contribution in [2.24, 2.45) is 0 Å². The van der Waals surface area contributed by atoms with Gasteiger partial charge in [-0.25, -0.2) is 13.2 Å². The third-order valence-electron chi connectivity index (χ3n) is 3.31. The van der Waals surface area contributed by atoms with Gasteiger partial charge in [0.25, 0.3) is 0 Å². The fraction of sp³-hybridized carbons (Fsp3) is 0.800. The van der Waals surface area contributed by atoms with Crippen LogP contribution in [0.1, 0.15) is 27.7 Å². The Morgan fingerprint density at radius 1 is 1.35 bits per heavy atom. The number of rotatable bonds is 2. The van der Waals surface area contributed by atoms with Crippen molar-refractivity contribution in [1.29, 1.82) is 0 Å². The smallest absolute Gasteiger partial charge is 0.347 e. The number of esters is 1. The molecule has 1 amide bonds. The average molecular weight is 263 g/mol. The number of ether oxygens (including phenoxy) is 1. The van der Waals surface area contributed by atoms with Crippen LogP contribution in [-0.4, -0.2) is 48.5 Å². The molecule has 1 fully saturated rings. The zero-order valence-corrected chi connectivity index (χ0v) is 11.4.